The molecule has 0 heterocycles. The van der Waals surface area contributed by atoms with Crippen molar-refractivity contribution < 1.29 is 22.8 Å². The first kappa shape index (κ1) is 28.7. The Morgan fingerprint density at radius 2 is 1.35 bits per heavy atom. The molecule has 1 N–H and O–H groups in total. The topological polar surface area (TPSA) is 49.4 Å². The third-order valence-electron chi connectivity index (χ3n) is 7.26. The largest absolute Gasteiger partial charge is 0.405 e. The van der Waals surface area contributed by atoms with Crippen molar-refractivity contribution in [2.75, 3.05) is 19.6 Å². The summed E-state index contributed by atoms with van der Waals surface area (Å²) < 4.78 is 39.1. The maximum atomic E-state index is 13.5. The first-order valence-corrected chi connectivity index (χ1v) is 13.6. The summed E-state index contributed by atoms with van der Waals surface area (Å²) in [4.78, 5) is 28.3. The smallest absolute Gasteiger partial charge is 0.346 e. The predicted molar refractivity (Wildman–Crippen MR) is 141 cm³/mol. The maximum Gasteiger partial charge on any atom is 0.405 e. The lowest BCUT2D eigenvalue weighted by molar-refractivity contribution is -0.141. The van der Waals surface area contributed by atoms with Crippen LogP contribution in [0.2, 0.25) is 0 Å². The van der Waals surface area contributed by atoms with Crippen LogP contribution in [0.3, 0.4) is 0 Å². The summed E-state index contributed by atoms with van der Waals surface area (Å²) in [6, 6.07) is 15.0. The van der Waals surface area contributed by atoms with Crippen LogP contribution in [0.15, 0.2) is 48.5 Å². The summed E-state index contributed by atoms with van der Waals surface area (Å²) in [5.74, 6) is -0.459. The molecule has 1 aliphatic carbocycles. The van der Waals surface area contributed by atoms with Gasteiger partial charge < -0.3 is 10.2 Å². The Morgan fingerprint density at radius 1 is 0.811 bits per heavy atom. The number of nitrogens with one attached hydrogen (secondary N) is 1. The Labute approximate surface area is 218 Å². The van der Waals surface area contributed by atoms with Crippen molar-refractivity contribution in [1.82, 2.24) is 10.2 Å². The molecule has 3 rings (SSSR count). The molecule has 37 heavy (non-hydrogen) atoms. The van der Waals surface area contributed by atoms with E-state index in [1.54, 1.807) is 0 Å². The highest BCUT2D eigenvalue weighted by Crippen LogP contribution is 2.51. The van der Waals surface area contributed by atoms with Crippen LogP contribution >= 0.6 is 0 Å². The van der Waals surface area contributed by atoms with Gasteiger partial charge in [-0.1, -0.05) is 88.1 Å². The average Bonchev–Trinajstić information content (AvgIpc) is 3.17. The Balaban J connectivity index is 1.74. The van der Waals surface area contributed by atoms with Crippen molar-refractivity contribution in [3.05, 3.63) is 59.7 Å². The Kier molecular flexibility index (Phi) is 10.2. The molecule has 0 spiro atoms. The van der Waals surface area contributed by atoms with Crippen LogP contribution in [0.25, 0.3) is 11.1 Å². The van der Waals surface area contributed by atoms with Gasteiger partial charge in [0.2, 0.25) is 11.8 Å². The van der Waals surface area contributed by atoms with Crippen molar-refractivity contribution in [2.45, 2.75) is 83.2 Å². The number of benzene rings is 2. The van der Waals surface area contributed by atoms with Gasteiger partial charge in [0, 0.05) is 19.5 Å². The molecular formula is C30H39F3N2O2. The van der Waals surface area contributed by atoms with Crippen molar-refractivity contribution in [3.63, 3.8) is 0 Å². The number of alkyl halides is 3. The highest BCUT2D eigenvalue weighted by atomic mass is 19.4. The Morgan fingerprint density at radius 3 is 1.86 bits per heavy atom. The number of hydrogen-bond acceptors (Lipinski definition) is 2. The summed E-state index contributed by atoms with van der Waals surface area (Å²) in [7, 11) is 0. The van der Waals surface area contributed by atoms with Gasteiger partial charge in [-0.2, -0.15) is 13.2 Å². The Hall–Kier alpha value is -2.83. The number of halogens is 3. The summed E-state index contributed by atoms with van der Waals surface area (Å²) in [6.07, 6.45) is 2.44. The van der Waals surface area contributed by atoms with E-state index < -0.39 is 24.0 Å². The normalized spacial score (nSPS) is 13.6. The van der Waals surface area contributed by atoms with Gasteiger partial charge >= 0.3 is 6.18 Å². The fourth-order valence-corrected chi connectivity index (χ4v) is 5.34. The van der Waals surface area contributed by atoms with Crippen LogP contribution in [-0.2, 0) is 15.0 Å². The van der Waals surface area contributed by atoms with Crippen LogP contribution < -0.4 is 5.32 Å². The van der Waals surface area contributed by atoms with Gasteiger partial charge in [-0.05, 0) is 47.9 Å². The van der Waals surface area contributed by atoms with Crippen molar-refractivity contribution in [2.24, 2.45) is 0 Å². The van der Waals surface area contributed by atoms with Gasteiger partial charge in [-0.25, -0.2) is 0 Å². The second kappa shape index (κ2) is 13.1. The highest BCUT2D eigenvalue weighted by molar-refractivity contribution is 6.00. The molecule has 0 bridgehead atoms. The summed E-state index contributed by atoms with van der Waals surface area (Å²) in [6.45, 7) is 4.43. The zero-order chi connectivity index (χ0) is 26.9. The molecule has 0 aromatic heterocycles. The third kappa shape index (κ3) is 6.93. The van der Waals surface area contributed by atoms with Crippen molar-refractivity contribution in [1.29, 1.82) is 0 Å². The molecule has 4 nitrogen and oxygen atoms in total. The van der Waals surface area contributed by atoms with E-state index in [1.165, 1.54) is 0 Å². The number of fused-ring (bicyclic) bond motifs is 3. The number of rotatable bonds is 14. The van der Waals surface area contributed by atoms with Crippen LogP contribution in [0.1, 0.15) is 82.8 Å². The molecule has 0 atom stereocenters. The first-order chi connectivity index (χ1) is 17.7. The molecular weight excluding hydrogens is 477 g/mol. The molecule has 0 radical (unpaired) electrons. The number of nitrogens with zero attached hydrogens (tertiary/aromatic N) is 1. The lowest BCUT2D eigenvalue weighted by Crippen LogP contribution is -2.47. The van der Waals surface area contributed by atoms with E-state index in [2.05, 4.69) is 19.2 Å². The number of hydrogen-bond donors (Lipinski definition) is 1. The first-order valence-electron chi connectivity index (χ1n) is 13.6. The van der Waals surface area contributed by atoms with Gasteiger partial charge in [0.1, 0.15) is 12.0 Å². The van der Waals surface area contributed by atoms with Crippen molar-refractivity contribution >= 4 is 11.8 Å². The fraction of sp³-hybridized carbons (Fsp3) is 0.533. The lowest BCUT2D eigenvalue weighted by Gasteiger charge is -2.31. The zero-order valence-corrected chi connectivity index (χ0v) is 22.0. The molecule has 0 saturated carbocycles. The van der Waals surface area contributed by atoms with E-state index in [0.29, 0.717) is 25.7 Å². The van der Waals surface area contributed by atoms with Gasteiger partial charge in [0.05, 0.1) is 0 Å². The quantitative estimate of drug-likeness (QED) is 0.275. The molecule has 202 valence electrons. The summed E-state index contributed by atoms with van der Waals surface area (Å²) in [5, 5.41) is 2.18. The van der Waals surface area contributed by atoms with E-state index in [4.69, 9.17) is 0 Å². The monoisotopic (exact) mass is 516 g/mol. The van der Waals surface area contributed by atoms with Crippen molar-refractivity contribution in [3.8, 4) is 11.1 Å². The minimum Gasteiger partial charge on any atom is -0.346 e. The maximum absolute atomic E-state index is 13.5. The highest BCUT2D eigenvalue weighted by Gasteiger charge is 2.49. The molecule has 0 aliphatic heterocycles. The molecule has 2 aromatic carbocycles. The third-order valence-corrected chi connectivity index (χ3v) is 7.26. The number of carbonyl (C=O) groups excluding carboxylic acids is 2. The number of unbranched alkanes of at least 4 members (excludes halogenated alkanes) is 4. The van der Waals surface area contributed by atoms with E-state index in [-0.39, 0.29) is 5.91 Å². The van der Waals surface area contributed by atoms with Crippen LogP contribution in [0.4, 0.5) is 13.2 Å². The zero-order valence-electron chi connectivity index (χ0n) is 22.0. The minimum absolute atomic E-state index is 0.163. The van der Waals surface area contributed by atoms with E-state index >= 15 is 0 Å². The second-order valence-corrected chi connectivity index (χ2v) is 9.94. The second-order valence-electron chi connectivity index (χ2n) is 9.94. The standard InChI is InChI=1S/C30H39F3N2O2/c1-3-5-20-35(21-6-4-2)27(36)18-8-7-13-19-29(28(37)34-22-30(31,32)33)25-16-11-9-14-23(25)24-15-10-12-17-26(24)29/h9-12,14-17H,3-8,13,18-22H2,1-2H3,(H,34,37). The molecule has 1 aliphatic rings. The molecule has 0 fully saturated rings. The van der Waals surface area contributed by atoms with Gasteiger partial charge in [-0.3, -0.25) is 9.59 Å². The number of carbonyl (C=O) groups is 2. The summed E-state index contributed by atoms with van der Waals surface area (Å²) in [5.41, 5.74) is 2.09. The van der Waals surface area contributed by atoms with E-state index in [1.807, 2.05) is 53.4 Å². The fourth-order valence-electron chi connectivity index (χ4n) is 5.34. The van der Waals surface area contributed by atoms with E-state index in [9.17, 15) is 22.8 Å². The van der Waals surface area contributed by atoms with Crippen LogP contribution in [0, 0.1) is 0 Å². The molecule has 2 aromatic rings. The molecule has 0 saturated heterocycles. The minimum atomic E-state index is -4.49. The Bertz CT molecular complexity index is 998. The molecule has 7 heteroatoms. The SMILES string of the molecule is CCCCN(CCCC)C(=O)CCCCCC1(C(=O)NCC(F)(F)F)c2ccccc2-c2ccccc21. The van der Waals surface area contributed by atoms with Gasteiger partial charge in [-0.15, -0.1) is 0 Å². The molecule has 2 amide bonds. The van der Waals surface area contributed by atoms with E-state index in [0.717, 1.165) is 67.4 Å². The summed E-state index contributed by atoms with van der Waals surface area (Å²) >= 11 is 0. The number of amides is 2. The lowest BCUT2D eigenvalue weighted by atomic mass is 9.73. The van der Waals surface area contributed by atoms with Crippen LogP contribution in [0.5, 0.6) is 0 Å². The van der Waals surface area contributed by atoms with Gasteiger partial charge in [0.25, 0.3) is 0 Å². The average molecular weight is 517 g/mol. The molecule has 0 unspecified atom stereocenters. The predicted octanol–water partition coefficient (Wildman–Crippen LogP) is 7.01. The van der Waals surface area contributed by atoms with Gasteiger partial charge in [0.15, 0.2) is 0 Å². The van der Waals surface area contributed by atoms with Crippen LogP contribution in [-0.4, -0.2) is 42.5 Å².